The quantitative estimate of drug-likeness (QED) is 0.380. The standard InChI is InChI=1S/C7H15N3/c1-5-3-10(7(8)9)4-6(5)2/h5-6H,3-4H2,1-2H3,(H3,8,9). The van der Waals surface area contributed by atoms with Crippen molar-refractivity contribution in [1.82, 2.24) is 4.90 Å². The fourth-order valence-electron chi connectivity index (χ4n) is 1.33. The average Bonchev–Trinajstić information content (AvgIpc) is 2.13. The predicted molar refractivity (Wildman–Crippen MR) is 41.8 cm³/mol. The molecule has 0 bridgehead atoms. The summed E-state index contributed by atoms with van der Waals surface area (Å²) in [5.41, 5.74) is 5.33. The molecule has 1 rings (SSSR count). The van der Waals surface area contributed by atoms with Gasteiger partial charge in [0.15, 0.2) is 5.96 Å². The van der Waals surface area contributed by atoms with E-state index in [9.17, 15) is 0 Å². The molecular weight excluding hydrogens is 126 g/mol. The molecule has 1 heterocycles. The first-order valence-electron chi connectivity index (χ1n) is 3.70. The van der Waals surface area contributed by atoms with E-state index in [1.54, 1.807) is 0 Å². The molecule has 3 heteroatoms. The Labute approximate surface area is 61.7 Å². The van der Waals surface area contributed by atoms with E-state index in [4.69, 9.17) is 11.1 Å². The van der Waals surface area contributed by atoms with Gasteiger partial charge in [-0.1, -0.05) is 13.8 Å². The van der Waals surface area contributed by atoms with Crippen LogP contribution >= 0.6 is 0 Å². The average molecular weight is 141 g/mol. The van der Waals surface area contributed by atoms with Gasteiger partial charge in [0.2, 0.25) is 0 Å². The zero-order valence-corrected chi connectivity index (χ0v) is 6.59. The number of nitrogens with one attached hydrogen (secondary N) is 1. The highest BCUT2D eigenvalue weighted by Gasteiger charge is 2.26. The summed E-state index contributed by atoms with van der Waals surface area (Å²) < 4.78 is 0. The second-order valence-electron chi connectivity index (χ2n) is 3.24. The molecule has 2 unspecified atom stereocenters. The largest absolute Gasteiger partial charge is 0.370 e. The molecule has 0 amide bonds. The molecule has 3 nitrogen and oxygen atoms in total. The van der Waals surface area contributed by atoms with E-state index >= 15 is 0 Å². The van der Waals surface area contributed by atoms with Crippen LogP contribution in [0.2, 0.25) is 0 Å². The summed E-state index contributed by atoms with van der Waals surface area (Å²) in [5, 5.41) is 7.18. The molecular formula is C7H15N3. The molecule has 0 saturated carbocycles. The summed E-state index contributed by atoms with van der Waals surface area (Å²) in [6.07, 6.45) is 0. The molecule has 0 aliphatic carbocycles. The number of hydrogen-bond donors (Lipinski definition) is 2. The molecule has 0 aromatic heterocycles. The molecule has 1 fully saturated rings. The Morgan fingerprint density at radius 1 is 1.40 bits per heavy atom. The highest BCUT2D eigenvalue weighted by atomic mass is 15.2. The van der Waals surface area contributed by atoms with Crippen LogP contribution in [0.3, 0.4) is 0 Å². The third-order valence-electron chi connectivity index (χ3n) is 2.33. The van der Waals surface area contributed by atoms with Crippen LogP contribution in [0.4, 0.5) is 0 Å². The number of nitrogens with zero attached hydrogens (tertiary/aromatic N) is 1. The van der Waals surface area contributed by atoms with E-state index in [0.29, 0.717) is 11.8 Å². The normalized spacial score (nSPS) is 32.8. The second kappa shape index (κ2) is 2.48. The molecule has 58 valence electrons. The number of guanidine groups is 1. The Morgan fingerprint density at radius 2 is 1.80 bits per heavy atom. The molecule has 10 heavy (non-hydrogen) atoms. The molecule has 0 radical (unpaired) electrons. The zero-order chi connectivity index (χ0) is 7.72. The Balaban J connectivity index is 2.49. The van der Waals surface area contributed by atoms with Crippen molar-refractivity contribution in [3.8, 4) is 0 Å². The Kier molecular flexibility index (Phi) is 1.83. The van der Waals surface area contributed by atoms with Crippen LogP contribution in [0, 0.1) is 17.2 Å². The monoisotopic (exact) mass is 141 g/mol. The molecule has 0 spiro atoms. The lowest BCUT2D eigenvalue weighted by atomic mass is 10.0. The van der Waals surface area contributed by atoms with Crippen molar-refractivity contribution in [1.29, 1.82) is 5.41 Å². The van der Waals surface area contributed by atoms with Gasteiger partial charge >= 0.3 is 0 Å². The van der Waals surface area contributed by atoms with Gasteiger partial charge in [-0.05, 0) is 11.8 Å². The van der Waals surface area contributed by atoms with E-state index in [-0.39, 0.29) is 5.96 Å². The van der Waals surface area contributed by atoms with Gasteiger partial charge in [-0.25, -0.2) is 0 Å². The minimum Gasteiger partial charge on any atom is -0.370 e. The minimum absolute atomic E-state index is 0.219. The van der Waals surface area contributed by atoms with Crippen LogP contribution in [-0.2, 0) is 0 Å². The summed E-state index contributed by atoms with van der Waals surface area (Å²) in [6, 6.07) is 0. The van der Waals surface area contributed by atoms with Gasteiger partial charge < -0.3 is 10.6 Å². The maximum Gasteiger partial charge on any atom is 0.188 e. The molecule has 0 aromatic carbocycles. The van der Waals surface area contributed by atoms with Gasteiger partial charge in [0.25, 0.3) is 0 Å². The van der Waals surface area contributed by atoms with Crippen molar-refractivity contribution in [2.45, 2.75) is 13.8 Å². The van der Waals surface area contributed by atoms with Gasteiger partial charge in [-0.2, -0.15) is 0 Å². The van der Waals surface area contributed by atoms with Crippen molar-refractivity contribution in [3.63, 3.8) is 0 Å². The molecule has 1 aliphatic heterocycles. The smallest absolute Gasteiger partial charge is 0.188 e. The molecule has 1 saturated heterocycles. The first-order valence-corrected chi connectivity index (χ1v) is 3.70. The fraction of sp³-hybridized carbons (Fsp3) is 0.857. The Hall–Kier alpha value is -0.730. The van der Waals surface area contributed by atoms with Crippen LogP contribution in [0.5, 0.6) is 0 Å². The van der Waals surface area contributed by atoms with E-state index in [1.807, 2.05) is 4.90 Å². The summed E-state index contributed by atoms with van der Waals surface area (Å²) in [5.74, 6) is 1.59. The molecule has 0 aromatic rings. The number of likely N-dealkylation sites (tertiary alicyclic amines) is 1. The lowest BCUT2D eigenvalue weighted by Crippen LogP contribution is -2.34. The van der Waals surface area contributed by atoms with Gasteiger partial charge in [0.1, 0.15) is 0 Å². The second-order valence-corrected chi connectivity index (χ2v) is 3.24. The topological polar surface area (TPSA) is 53.1 Å². The summed E-state index contributed by atoms with van der Waals surface area (Å²) in [7, 11) is 0. The van der Waals surface area contributed by atoms with Crippen LogP contribution in [0.1, 0.15) is 13.8 Å². The fourth-order valence-corrected chi connectivity index (χ4v) is 1.33. The summed E-state index contributed by atoms with van der Waals surface area (Å²) in [6.45, 7) is 6.31. The first kappa shape index (κ1) is 7.38. The van der Waals surface area contributed by atoms with Crippen LogP contribution in [0.15, 0.2) is 0 Å². The minimum atomic E-state index is 0.219. The third-order valence-corrected chi connectivity index (χ3v) is 2.33. The van der Waals surface area contributed by atoms with Crippen molar-refractivity contribution >= 4 is 5.96 Å². The van der Waals surface area contributed by atoms with Crippen molar-refractivity contribution in [3.05, 3.63) is 0 Å². The van der Waals surface area contributed by atoms with E-state index in [1.165, 1.54) is 0 Å². The number of rotatable bonds is 0. The Bertz CT molecular complexity index is 134. The highest BCUT2D eigenvalue weighted by Crippen LogP contribution is 2.20. The number of nitrogens with two attached hydrogens (primary N) is 1. The highest BCUT2D eigenvalue weighted by molar-refractivity contribution is 5.74. The molecule has 3 N–H and O–H groups in total. The Morgan fingerprint density at radius 3 is 2.00 bits per heavy atom. The molecule has 2 atom stereocenters. The number of hydrogen-bond acceptors (Lipinski definition) is 1. The lowest BCUT2D eigenvalue weighted by molar-refractivity contribution is 0.485. The maximum absolute atomic E-state index is 7.18. The SMILES string of the molecule is CC1CN(C(=N)N)CC1C. The summed E-state index contributed by atoms with van der Waals surface area (Å²) in [4.78, 5) is 1.93. The van der Waals surface area contributed by atoms with Gasteiger partial charge in [-0.15, -0.1) is 0 Å². The van der Waals surface area contributed by atoms with Crippen molar-refractivity contribution < 1.29 is 0 Å². The van der Waals surface area contributed by atoms with Crippen LogP contribution in [0.25, 0.3) is 0 Å². The predicted octanol–water partition coefficient (Wildman–Crippen LogP) is 0.468. The van der Waals surface area contributed by atoms with Gasteiger partial charge in [0.05, 0.1) is 0 Å². The van der Waals surface area contributed by atoms with Crippen LogP contribution in [-0.4, -0.2) is 23.9 Å². The molecule has 1 aliphatic rings. The lowest BCUT2D eigenvalue weighted by Gasteiger charge is -2.14. The zero-order valence-electron chi connectivity index (χ0n) is 6.59. The van der Waals surface area contributed by atoms with Crippen LogP contribution < -0.4 is 5.73 Å². The van der Waals surface area contributed by atoms with Gasteiger partial charge in [-0.3, -0.25) is 5.41 Å². The first-order chi connectivity index (χ1) is 4.61. The summed E-state index contributed by atoms with van der Waals surface area (Å²) >= 11 is 0. The third kappa shape index (κ3) is 1.23. The van der Waals surface area contributed by atoms with E-state index in [0.717, 1.165) is 13.1 Å². The van der Waals surface area contributed by atoms with Crippen molar-refractivity contribution in [2.75, 3.05) is 13.1 Å². The van der Waals surface area contributed by atoms with E-state index < -0.39 is 0 Å². The van der Waals surface area contributed by atoms with Crippen molar-refractivity contribution in [2.24, 2.45) is 17.6 Å². The van der Waals surface area contributed by atoms with E-state index in [2.05, 4.69) is 13.8 Å². The maximum atomic E-state index is 7.18. The van der Waals surface area contributed by atoms with Gasteiger partial charge in [0, 0.05) is 13.1 Å².